The second kappa shape index (κ2) is 8.43. The average molecular weight is 372 g/mol. The van der Waals surface area contributed by atoms with Gasteiger partial charge in [0, 0.05) is 38.3 Å². The Morgan fingerprint density at radius 1 is 1.22 bits per heavy atom. The van der Waals surface area contributed by atoms with Gasteiger partial charge in [0.25, 0.3) is 11.5 Å². The van der Waals surface area contributed by atoms with Crippen molar-refractivity contribution < 1.29 is 9.18 Å². The molecule has 1 aliphatic heterocycles. The van der Waals surface area contributed by atoms with Crippen LogP contribution in [0.25, 0.3) is 0 Å². The van der Waals surface area contributed by atoms with Crippen LogP contribution < -0.4 is 5.56 Å². The quantitative estimate of drug-likeness (QED) is 0.894. The van der Waals surface area contributed by atoms with Crippen molar-refractivity contribution in [1.29, 1.82) is 0 Å². The molecule has 1 atom stereocenters. The maximum absolute atomic E-state index is 13.2. The van der Waals surface area contributed by atoms with Gasteiger partial charge in [-0.2, -0.15) is 5.10 Å². The molecule has 0 aliphatic carbocycles. The topological polar surface area (TPSA) is 69.3 Å². The molecule has 1 unspecified atom stereocenters. The van der Waals surface area contributed by atoms with Crippen molar-refractivity contribution in [3.05, 3.63) is 63.8 Å². The first kappa shape index (κ1) is 19.2. The molecule has 2 aromatic rings. The van der Waals surface area contributed by atoms with Gasteiger partial charge in [-0.3, -0.25) is 14.5 Å². The van der Waals surface area contributed by atoms with E-state index in [2.05, 4.69) is 28.9 Å². The molecule has 27 heavy (non-hydrogen) atoms. The molecule has 144 valence electrons. The summed E-state index contributed by atoms with van der Waals surface area (Å²) in [7, 11) is 0. The van der Waals surface area contributed by atoms with Crippen LogP contribution in [-0.2, 0) is 6.54 Å². The molecule has 1 N–H and O–H groups in total. The van der Waals surface area contributed by atoms with Crippen LogP contribution in [0.1, 0.15) is 36.3 Å². The number of benzene rings is 1. The van der Waals surface area contributed by atoms with Crippen LogP contribution in [0.4, 0.5) is 4.39 Å². The van der Waals surface area contributed by atoms with Crippen molar-refractivity contribution in [2.75, 3.05) is 19.6 Å². The van der Waals surface area contributed by atoms with Gasteiger partial charge in [0.15, 0.2) is 0 Å². The van der Waals surface area contributed by atoms with E-state index in [1.165, 1.54) is 24.3 Å². The highest BCUT2D eigenvalue weighted by Gasteiger charge is 2.30. The summed E-state index contributed by atoms with van der Waals surface area (Å²) in [5.74, 6) is -0.0527. The van der Waals surface area contributed by atoms with Crippen LogP contribution >= 0.6 is 0 Å². The molecule has 0 saturated carbocycles. The lowest BCUT2D eigenvalue weighted by atomic mass is 10.0. The monoisotopic (exact) mass is 372 g/mol. The third kappa shape index (κ3) is 4.80. The highest BCUT2D eigenvalue weighted by molar-refractivity contribution is 5.92. The number of H-pyrrole nitrogens is 1. The van der Waals surface area contributed by atoms with Gasteiger partial charge in [-0.05, 0) is 36.1 Å². The molecule has 0 spiro atoms. The molecule has 1 fully saturated rings. The first-order valence-corrected chi connectivity index (χ1v) is 9.27. The van der Waals surface area contributed by atoms with Gasteiger partial charge >= 0.3 is 0 Å². The number of hydrogen-bond acceptors (Lipinski definition) is 4. The maximum atomic E-state index is 13.2. The zero-order valence-corrected chi connectivity index (χ0v) is 15.7. The summed E-state index contributed by atoms with van der Waals surface area (Å²) < 4.78 is 13.2. The standard InChI is InChI=1S/C20H25FN4O2/c1-14(2)18-13-25(20(27)17-8-9-19(26)23-22-17)11-3-10-24(18)12-15-4-6-16(21)7-5-15/h4-9,14,18H,3,10-13H2,1-2H3,(H,23,26). The number of amides is 1. The number of nitrogens with one attached hydrogen (secondary N) is 1. The van der Waals surface area contributed by atoms with E-state index in [0.29, 0.717) is 19.0 Å². The summed E-state index contributed by atoms with van der Waals surface area (Å²) in [6.07, 6.45) is 0.847. The van der Waals surface area contributed by atoms with E-state index in [1.54, 1.807) is 0 Å². The van der Waals surface area contributed by atoms with Crippen LogP contribution in [-0.4, -0.2) is 51.6 Å². The molecule has 0 bridgehead atoms. The minimum atomic E-state index is -0.326. The highest BCUT2D eigenvalue weighted by atomic mass is 19.1. The fraction of sp³-hybridized carbons (Fsp3) is 0.450. The Kier molecular flexibility index (Phi) is 6.01. The molecule has 1 aromatic heterocycles. The van der Waals surface area contributed by atoms with Crippen molar-refractivity contribution in [2.24, 2.45) is 5.92 Å². The summed E-state index contributed by atoms with van der Waals surface area (Å²) in [6.45, 7) is 7.12. The number of hydrogen-bond donors (Lipinski definition) is 1. The minimum Gasteiger partial charge on any atom is -0.336 e. The Morgan fingerprint density at radius 2 is 1.96 bits per heavy atom. The molecule has 3 rings (SSSR count). The van der Waals surface area contributed by atoms with Crippen LogP contribution in [0, 0.1) is 11.7 Å². The van der Waals surface area contributed by atoms with E-state index in [-0.39, 0.29) is 29.0 Å². The third-order valence-electron chi connectivity index (χ3n) is 5.00. The molecule has 1 aliphatic rings. The summed E-state index contributed by atoms with van der Waals surface area (Å²) in [5, 5.41) is 6.19. The van der Waals surface area contributed by atoms with Gasteiger partial charge in [0.2, 0.25) is 0 Å². The largest absolute Gasteiger partial charge is 0.336 e. The Morgan fingerprint density at radius 3 is 2.59 bits per heavy atom. The number of rotatable bonds is 4. The van der Waals surface area contributed by atoms with E-state index < -0.39 is 0 Å². The molecule has 1 aromatic carbocycles. The normalized spacial score (nSPS) is 18.5. The Hall–Kier alpha value is -2.54. The van der Waals surface area contributed by atoms with Gasteiger partial charge in [0.1, 0.15) is 11.5 Å². The van der Waals surface area contributed by atoms with E-state index in [1.807, 2.05) is 17.0 Å². The number of carbonyl (C=O) groups excluding carboxylic acids is 1. The molecule has 7 heteroatoms. The van der Waals surface area contributed by atoms with Crippen LogP contribution in [0.2, 0.25) is 0 Å². The Bertz CT molecular complexity index is 814. The van der Waals surface area contributed by atoms with Gasteiger partial charge in [-0.15, -0.1) is 0 Å². The van der Waals surface area contributed by atoms with Crippen LogP contribution in [0.5, 0.6) is 0 Å². The Labute approximate surface area is 158 Å². The van der Waals surface area contributed by atoms with Crippen molar-refractivity contribution in [1.82, 2.24) is 20.0 Å². The summed E-state index contributed by atoms with van der Waals surface area (Å²) >= 11 is 0. The summed E-state index contributed by atoms with van der Waals surface area (Å²) in [5.41, 5.74) is 0.987. The van der Waals surface area contributed by atoms with Crippen molar-refractivity contribution in [2.45, 2.75) is 32.9 Å². The van der Waals surface area contributed by atoms with E-state index >= 15 is 0 Å². The van der Waals surface area contributed by atoms with Gasteiger partial charge < -0.3 is 4.90 Å². The number of nitrogens with zero attached hydrogens (tertiary/aromatic N) is 3. The van der Waals surface area contributed by atoms with Crippen LogP contribution in [0.15, 0.2) is 41.2 Å². The predicted molar refractivity (Wildman–Crippen MR) is 101 cm³/mol. The second-order valence-electron chi connectivity index (χ2n) is 7.32. The lowest BCUT2D eigenvalue weighted by Gasteiger charge is -2.34. The van der Waals surface area contributed by atoms with Crippen molar-refractivity contribution in [3.63, 3.8) is 0 Å². The zero-order valence-electron chi connectivity index (χ0n) is 15.7. The second-order valence-corrected chi connectivity index (χ2v) is 7.32. The fourth-order valence-electron chi connectivity index (χ4n) is 3.53. The van der Waals surface area contributed by atoms with Crippen molar-refractivity contribution in [3.8, 4) is 0 Å². The van der Waals surface area contributed by atoms with Gasteiger partial charge in [-0.1, -0.05) is 26.0 Å². The fourth-order valence-corrected chi connectivity index (χ4v) is 3.53. The van der Waals surface area contributed by atoms with Crippen molar-refractivity contribution >= 4 is 5.91 Å². The van der Waals surface area contributed by atoms with E-state index in [9.17, 15) is 14.0 Å². The minimum absolute atomic E-state index is 0.166. The SMILES string of the molecule is CC(C)C1CN(C(=O)c2ccc(=O)[nH]n2)CCCN1Cc1ccc(F)cc1. The first-order valence-electron chi connectivity index (χ1n) is 9.27. The highest BCUT2D eigenvalue weighted by Crippen LogP contribution is 2.21. The molecule has 6 nitrogen and oxygen atoms in total. The number of halogens is 1. The molecular formula is C20H25FN4O2. The first-order chi connectivity index (χ1) is 12.9. The predicted octanol–water partition coefficient (Wildman–Crippen LogP) is 2.28. The number of aromatic nitrogens is 2. The van der Waals surface area contributed by atoms with Gasteiger partial charge in [0.05, 0.1) is 0 Å². The molecular weight excluding hydrogens is 347 g/mol. The lowest BCUT2D eigenvalue weighted by Crippen LogP contribution is -2.45. The van der Waals surface area contributed by atoms with E-state index in [4.69, 9.17) is 0 Å². The lowest BCUT2D eigenvalue weighted by molar-refractivity contribution is 0.0695. The number of carbonyl (C=O) groups is 1. The molecule has 1 amide bonds. The summed E-state index contributed by atoms with van der Waals surface area (Å²) in [4.78, 5) is 28.2. The third-order valence-corrected chi connectivity index (χ3v) is 5.00. The Balaban J connectivity index is 1.76. The summed E-state index contributed by atoms with van der Waals surface area (Å²) in [6, 6.07) is 9.55. The van der Waals surface area contributed by atoms with Crippen LogP contribution in [0.3, 0.4) is 0 Å². The maximum Gasteiger partial charge on any atom is 0.274 e. The molecule has 1 saturated heterocycles. The zero-order chi connectivity index (χ0) is 19.4. The molecule has 2 heterocycles. The smallest absolute Gasteiger partial charge is 0.274 e. The number of aromatic amines is 1. The van der Waals surface area contributed by atoms with E-state index in [0.717, 1.165) is 25.1 Å². The average Bonchev–Trinajstić information content (AvgIpc) is 2.86. The molecule has 0 radical (unpaired) electrons. The van der Waals surface area contributed by atoms with Gasteiger partial charge in [-0.25, -0.2) is 9.49 Å².